The van der Waals surface area contributed by atoms with Gasteiger partial charge in [0.25, 0.3) is 0 Å². The summed E-state index contributed by atoms with van der Waals surface area (Å²) < 4.78 is 1.29. The third-order valence-electron chi connectivity index (χ3n) is 0.0445. The lowest BCUT2D eigenvalue weighted by atomic mass is 11.2. The summed E-state index contributed by atoms with van der Waals surface area (Å²) in [4.78, 5) is 8.99. The highest BCUT2D eigenvalue weighted by atomic mass is 127. The molecule has 0 unspecified atom stereocenters. The first-order valence-electron chi connectivity index (χ1n) is 0.711. The Labute approximate surface area is 37.8 Å². The number of halogens is 1. The summed E-state index contributed by atoms with van der Waals surface area (Å²) in [6, 6.07) is 0. The molecule has 0 fully saturated rings. The molecule has 4 heavy (non-hydrogen) atoms. The molecule has 0 aliphatic heterocycles. The van der Waals surface area contributed by atoms with Crippen molar-refractivity contribution in [2.45, 2.75) is 0 Å². The van der Waals surface area contributed by atoms with Gasteiger partial charge in [-0.1, -0.05) is 0 Å². The van der Waals surface area contributed by atoms with Gasteiger partial charge in [0.15, 0.2) is 0 Å². The summed E-state index contributed by atoms with van der Waals surface area (Å²) in [6.45, 7) is 0. The van der Waals surface area contributed by atoms with Crippen LogP contribution in [0.5, 0.6) is 0 Å². The summed E-state index contributed by atoms with van der Waals surface area (Å²) in [5, 5.41) is 0. The number of hydrogen-bond donors (Lipinski definition) is 0. The Balaban J connectivity index is 3.11. The van der Waals surface area contributed by atoms with E-state index in [0.717, 1.165) is 0 Å². The first kappa shape index (κ1) is 4.18. The van der Waals surface area contributed by atoms with Crippen LogP contribution in [0, 0.1) is 0 Å². The summed E-state index contributed by atoms with van der Waals surface area (Å²) in [6.07, 6.45) is 0. The quantitative estimate of drug-likeness (QED) is 0.385. The van der Waals surface area contributed by atoms with Crippen LogP contribution in [0.2, 0.25) is 0 Å². The molecule has 0 aromatic rings. The third kappa shape index (κ3) is 2.18. The van der Waals surface area contributed by atoms with Crippen molar-refractivity contribution in [2.24, 2.45) is 0 Å². The second-order valence-electron chi connectivity index (χ2n) is 0.227. The van der Waals surface area contributed by atoms with Crippen LogP contribution in [-0.4, -0.2) is 5.94 Å². The van der Waals surface area contributed by atoms with E-state index in [2.05, 4.69) is 0 Å². The average Bonchev–Trinajstić information content (AvgIpc) is 1.37. The molecule has 0 aliphatic rings. The lowest BCUT2D eigenvalue weighted by Gasteiger charge is -1.28. The molecule has 1 nitrogen and oxygen atoms in total. The monoisotopic (exact) mass is 168 g/mol. The molecule has 0 saturated heterocycles. The molecule has 0 aromatic heterocycles. The van der Waals surface area contributed by atoms with Crippen molar-refractivity contribution in [3.8, 4) is 0 Å². The standard InChI is InChI=1S/C2HIO/c3-1-2-4/h1H. The van der Waals surface area contributed by atoms with E-state index in [4.69, 9.17) is 4.79 Å². The maximum Gasteiger partial charge on any atom is 0.131 e. The molecule has 0 heterocycles. The van der Waals surface area contributed by atoms with E-state index in [9.17, 15) is 0 Å². The van der Waals surface area contributed by atoms with Gasteiger partial charge >= 0.3 is 0 Å². The van der Waals surface area contributed by atoms with Crippen LogP contribution >= 0.6 is 22.6 Å². The van der Waals surface area contributed by atoms with Crippen molar-refractivity contribution in [3.63, 3.8) is 0 Å². The van der Waals surface area contributed by atoms with Gasteiger partial charge in [0, 0.05) is 0 Å². The first-order chi connectivity index (χ1) is 1.91. The third-order valence-corrected chi connectivity index (χ3v) is 0.299. The van der Waals surface area contributed by atoms with Crippen molar-refractivity contribution >= 4 is 28.5 Å². The Hall–Kier alpha value is 0.180. The van der Waals surface area contributed by atoms with Crippen molar-refractivity contribution < 1.29 is 4.79 Å². The van der Waals surface area contributed by atoms with Gasteiger partial charge in [-0.3, -0.25) is 0 Å². The Kier molecular flexibility index (Phi) is 3.32. The fourth-order valence-corrected chi connectivity index (χ4v) is 0. The second kappa shape index (κ2) is 3.18. The Bertz CT molecular complexity index is 44.0. The molecular formula is C2HIO. The highest BCUT2D eigenvalue weighted by molar-refractivity contribution is 14.1. The van der Waals surface area contributed by atoms with Crippen molar-refractivity contribution in [3.05, 3.63) is 4.08 Å². The molecule has 0 N–H and O–H groups in total. The Morgan fingerprint density at radius 3 is 2.25 bits per heavy atom. The van der Waals surface area contributed by atoms with Gasteiger partial charge in [0.05, 0.1) is 4.08 Å². The Morgan fingerprint density at radius 2 is 2.25 bits per heavy atom. The van der Waals surface area contributed by atoms with Crippen LogP contribution in [0.25, 0.3) is 0 Å². The van der Waals surface area contributed by atoms with Crippen LogP contribution in [0.4, 0.5) is 0 Å². The lowest BCUT2D eigenvalue weighted by Crippen LogP contribution is -1.25. The van der Waals surface area contributed by atoms with Gasteiger partial charge in [-0.25, -0.2) is 4.79 Å². The topological polar surface area (TPSA) is 17.1 Å². The zero-order valence-corrected chi connectivity index (χ0v) is 4.02. The summed E-state index contributed by atoms with van der Waals surface area (Å²) in [7, 11) is 0. The molecule has 0 rings (SSSR count). The average molecular weight is 168 g/mol. The van der Waals surface area contributed by atoms with Gasteiger partial charge in [0.2, 0.25) is 0 Å². The van der Waals surface area contributed by atoms with Gasteiger partial charge < -0.3 is 0 Å². The zero-order valence-electron chi connectivity index (χ0n) is 1.86. The highest BCUT2D eigenvalue weighted by Crippen LogP contribution is 1.69. The van der Waals surface area contributed by atoms with Crippen LogP contribution in [-0.2, 0) is 4.79 Å². The highest BCUT2D eigenvalue weighted by Gasteiger charge is 1.34. The van der Waals surface area contributed by atoms with Gasteiger partial charge in [-0.15, -0.1) is 0 Å². The SMILES string of the molecule is O=C=CI. The van der Waals surface area contributed by atoms with Crippen LogP contribution < -0.4 is 0 Å². The molecule has 0 radical (unpaired) electrons. The van der Waals surface area contributed by atoms with Crippen LogP contribution in [0.1, 0.15) is 0 Å². The van der Waals surface area contributed by atoms with Crippen molar-refractivity contribution in [1.82, 2.24) is 0 Å². The molecular weight excluding hydrogens is 167 g/mol. The minimum Gasteiger partial charge on any atom is -0.233 e. The molecule has 22 valence electrons. The molecule has 0 saturated carbocycles. The predicted molar refractivity (Wildman–Crippen MR) is 24.3 cm³/mol. The van der Waals surface area contributed by atoms with Gasteiger partial charge in [-0.2, -0.15) is 0 Å². The van der Waals surface area contributed by atoms with E-state index >= 15 is 0 Å². The Morgan fingerprint density at radius 1 is 2.00 bits per heavy atom. The van der Waals surface area contributed by atoms with E-state index < -0.39 is 0 Å². The normalized spacial score (nSPS) is 4.25. The number of hydrogen-bond acceptors (Lipinski definition) is 1. The fourth-order valence-electron chi connectivity index (χ4n) is 0. The minimum atomic E-state index is 1.29. The largest absolute Gasteiger partial charge is 0.233 e. The van der Waals surface area contributed by atoms with E-state index in [1.54, 1.807) is 28.5 Å². The van der Waals surface area contributed by atoms with E-state index in [-0.39, 0.29) is 0 Å². The van der Waals surface area contributed by atoms with Gasteiger partial charge in [-0.05, 0) is 22.6 Å². The predicted octanol–water partition coefficient (Wildman–Crippen LogP) is 0.767. The van der Waals surface area contributed by atoms with Gasteiger partial charge in [0.1, 0.15) is 5.94 Å². The van der Waals surface area contributed by atoms with Crippen molar-refractivity contribution in [2.75, 3.05) is 0 Å². The maximum absolute atomic E-state index is 8.99. The molecule has 0 aliphatic carbocycles. The van der Waals surface area contributed by atoms with E-state index in [0.29, 0.717) is 0 Å². The van der Waals surface area contributed by atoms with E-state index in [1.807, 2.05) is 0 Å². The molecule has 2 heteroatoms. The summed E-state index contributed by atoms with van der Waals surface area (Å²) in [5.74, 6) is 1.54. The molecule has 0 atom stereocenters. The minimum absolute atomic E-state index is 1.29. The first-order valence-corrected chi connectivity index (χ1v) is 1.96. The van der Waals surface area contributed by atoms with Crippen molar-refractivity contribution in [1.29, 1.82) is 0 Å². The van der Waals surface area contributed by atoms with E-state index in [1.165, 1.54) is 4.08 Å². The van der Waals surface area contributed by atoms with Crippen LogP contribution in [0.3, 0.4) is 0 Å². The molecule has 0 bridgehead atoms. The smallest absolute Gasteiger partial charge is 0.131 e. The summed E-state index contributed by atoms with van der Waals surface area (Å²) in [5.41, 5.74) is 0. The zero-order chi connectivity index (χ0) is 3.41. The lowest BCUT2D eigenvalue weighted by molar-refractivity contribution is 0.569. The molecule has 0 aromatic carbocycles. The second-order valence-corrected chi connectivity index (χ2v) is 0.850. The maximum atomic E-state index is 8.99. The number of carbonyl (C=O) groups excluding carboxylic acids is 1. The molecule has 0 amide bonds. The summed E-state index contributed by atoms with van der Waals surface area (Å²) >= 11 is 1.80. The fraction of sp³-hybridized carbons (Fsp3) is 0. The number of rotatable bonds is 0. The molecule has 0 spiro atoms. The van der Waals surface area contributed by atoms with Crippen LogP contribution in [0.15, 0.2) is 4.08 Å².